The lowest BCUT2D eigenvalue weighted by Crippen LogP contribution is -2.29. The molecule has 1 aliphatic rings. The molecule has 1 aromatic carbocycles. The van der Waals surface area contributed by atoms with Gasteiger partial charge in [0.2, 0.25) is 0 Å². The predicted octanol–water partition coefficient (Wildman–Crippen LogP) is 3.29. The fourth-order valence-electron chi connectivity index (χ4n) is 2.69. The van der Waals surface area contributed by atoms with Crippen molar-refractivity contribution in [2.24, 2.45) is 5.73 Å². The lowest BCUT2D eigenvalue weighted by molar-refractivity contribution is -0.126. The number of nitrogens with zero attached hydrogens (tertiary/aromatic N) is 1. The number of rotatable bonds is 4. The molecule has 0 radical (unpaired) electrons. The van der Waals surface area contributed by atoms with Crippen LogP contribution < -0.4 is 11.1 Å². The molecular formula is C17H22ClN3O2S. The Kier molecular flexibility index (Phi) is 6.34. The van der Waals surface area contributed by atoms with Crippen LogP contribution in [0.1, 0.15) is 23.3 Å². The third-order valence-electron chi connectivity index (χ3n) is 4.01. The van der Waals surface area contributed by atoms with Gasteiger partial charge in [0.25, 0.3) is 5.91 Å². The van der Waals surface area contributed by atoms with Crippen LogP contribution in [0.4, 0.5) is 5.13 Å². The number of halogens is 1. The zero-order chi connectivity index (χ0) is 16.4. The summed E-state index contributed by atoms with van der Waals surface area (Å²) in [5.41, 5.74) is 8.77. The Balaban J connectivity index is 0.00000208. The average Bonchev–Trinajstić information content (AvgIpc) is 3.15. The molecule has 2 atom stereocenters. The van der Waals surface area contributed by atoms with Crippen molar-refractivity contribution in [3.05, 3.63) is 34.7 Å². The summed E-state index contributed by atoms with van der Waals surface area (Å²) in [5, 5.41) is 3.49. The van der Waals surface area contributed by atoms with Crippen molar-refractivity contribution >= 4 is 34.8 Å². The molecule has 24 heavy (non-hydrogen) atoms. The second-order valence-corrected chi connectivity index (χ2v) is 7.04. The summed E-state index contributed by atoms with van der Waals surface area (Å²) in [4.78, 5) is 17.9. The summed E-state index contributed by atoms with van der Waals surface area (Å²) in [6.45, 7) is 4.52. The molecule has 2 heterocycles. The fraction of sp³-hybridized carbons (Fsp3) is 0.412. The predicted molar refractivity (Wildman–Crippen MR) is 99.9 cm³/mol. The van der Waals surface area contributed by atoms with Gasteiger partial charge in [-0.1, -0.05) is 29.8 Å². The highest BCUT2D eigenvalue weighted by Crippen LogP contribution is 2.31. The van der Waals surface area contributed by atoms with Gasteiger partial charge in [-0.2, -0.15) is 0 Å². The third-order valence-corrected chi connectivity index (χ3v) is 4.90. The quantitative estimate of drug-likeness (QED) is 0.869. The SMILES string of the molecule is Cc1ccc(-c2nc(NC(=O)[C@@H]3CC[C@H](CN)O3)sc2C)cc1.Cl. The smallest absolute Gasteiger partial charge is 0.255 e. The third kappa shape index (κ3) is 4.13. The summed E-state index contributed by atoms with van der Waals surface area (Å²) < 4.78 is 5.62. The number of hydrogen-bond donors (Lipinski definition) is 2. The van der Waals surface area contributed by atoms with Crippen LogP contribution in [-0.4, -0.2) is 29.6 Å². The van der Waals surface area contributed by atoms with Crippen molar-refractivity contribution in [3.63, 3.8) is 0 Å². The van der Waals surface area contributed by atoms with Gasteiger partial charge in [-0.3, -0.25) is 10.1 Å². The number of ether oxygens (including phenoxy) is 1. The minimum atomic E-state index is -0.421. The molecule has 5 nitrogen and oxygen atoms in total. The molecule has 1 aromatic heterocycles. The molecule has 1 amide bonds. The normalized spacial score (nSPS) is 19.8. The molecule has 0 bridgehead atoms. The Morgan fingerprint density at radius 3 is 2.67 bits per heavy atom. The van der Waals surface area contributed by atoms with E-state index in [1.807, 2.05) is 6.92 Å². The monoisotopic (exact) mass is 367 g/mol. The number of amides is 1. The maximum Gasteiger partial charge on any atom is 0.255 e. The first-order valence-corrected chi connectivity index (χ1v) is 8.59. The average molecular weight is 368 g/mol. The second-order valence-electron chi connectivity index (χ2n) is 5.84. The first-order chi connectivity index (χ1) is 11.1. The highest BCUT2D eigenvalue weighted by Gasteiger charge is 2.30. The van der Waals surface area contributed by atoms with Gasteiger partial charge in [-0.25, -0.2) is 4.98 Å². The van der Waals surface area contributed by atoms with Crippen molar-refractivity contribution in [2.45, 2.75) is 38.9 Å². The van der Waals surface area contributed by atoms with Gasteiger partial charge < -0.3 is 10.5 Å². The van der Waals surface area contributed by atoms with E-state index in [1.54, 1.807) is 0 Å². The Morgan fingerprint density at radius 1 is 1.33 bits per heavy atom. The lowest BCUT2D eigenvalue weighted by atomic mass is 10.1. The number of benzene rings is 1. The van der Waals surface area contributed by atoms with E-state index in [4.69, 9.17) is 10.5 Å². The number of hydrogen-bond acceptors (Lipinski definition) is 5. The van der Waals surface area contributed by atoms with Crippen LogP contribution in [-0.2, 0) is 9.53 Å². The van der Waals surface area contributed by atoms with Gasteiger partial charge >= 0.3 is 0 Å². The number of nitrogens with one attached hydrogen (secondary N) is 1. The largest absolute Gasteiger partial charge is 0.364 e. The second kappa shape index (κ2) is 8.07. The van der Waals surface area contributed by atoms with Crippen LogP contribution in [0.2, 0.25) is 0 Å². The maximum absolute atomic E-state index is 12.3. The zero-order valence-corrected chi connectivity index (χ0v) is 15.4. The van der Waals surface area contributed by atoms with Crippen LogP contribution in [0.3, 0.4) is 0 Å². The molecule has 130 valence electrons. The van der Waals surface area contributed by atoms with E-state index in [9.17, 15) is 4.79 Å². The van der Waals surface area contributed by atoms with Crippen LogP contribution >= 0.6 is 23.7 Å². The van der Waals surface area contributed by atoms with E-state index < -0.39 is 6.10 Å². The summed E-state index contributed by atoms with van der Waals surface area (Å²) in [6.07, 6.45) is 1.12. The number of carbonyl (C=O) groups excluding carboxylic acids is 1. The molecular weight excluding hydrogens is 346 g/mol. The van der Waals surface area contributed by atoms with Crippen LogP contribution in [0.25, 0.3) is 11.3 Å². The number of carbonyl (C=O) groups is 1. The summed E-state index contributed by atoms with van der Waals surface area (Å²) in [5.74, 6) is -0.134. The van der Waals surface area contributed by atoms with E-state index in [0.29, 0.717) is 18.1 Å². The molecule has 2 aromatic rings. The van der Waals surface area contributed by atoms with E-state index in [-0.39, 0.29) is 24.4 Å². The summed E-state index contributed by atoms with van der Waals surface area (Å²) >= 11 is 1.48. The zero-order valence-electron chi connectivity index (χ0n) is 13.7. The molecule has 1 saturated heterocycles. The first kappa shape index (κ1) is 18.9. The van der Waals surface area contributed by atoms with Gasteiger partial charge in [0.05, 0.1) is 11.8 Å². The Labute approximate surface area is 152 Å². The summed E-state index contributed by atoms with van der Waals surface area (Å²) in [6, 6.07) is 8.22. The highest BCUT2D eigenvalue weighted by molar-refractivity contribution is 7.16. The van der Waals surface area contributed by atoms with Crippen LogP contribution in [0, 0.1) is 13.8 Å². The number of nitrogens with two attached hydrogens (primary N) is 1. The molecule has 0 spiro atoms. The van der Waals surface area contributed by atoms with Crippen LogP contribution in [0.5, 0.6) is 0 Å². The van der Waals surface area contributed by atoms with E-state index in [1.165, 1.54) is 16.9 Å². The number of aromatic nitrogens is 1. The highest BCUT2D eigenvalue weighted by atomic mass is 35.5. The molecule has 0 aliphatic carbocycles. The Morgan fingerprint density at radius 2 is 2.04 bits per heavy atom. The molecule has 3 N–H and O–H groups in total. The standard InChI is InChI=1S/C17H21N3O2S.ClH/c1-10-3-5-12(6-4-10)15-11(2)23-17(19-15)20-16(21)14-8-7-13(9-18)22-14;/h3-6,13-14H,7-9,18H2,1-2H3,(H,19,20,21);1H/t13-,14+;/m1./s1. The van der Waals surface area contributed by atoms with Gasteiger partial charge in [-0.15, -0.1) is 23.7 Å². The molecule has 0 saturated carbocycles. The minimum Gasteiger partial charge on any atom is -0.364 e. The number of aryl methyl sites for hydroxylation is 2. The lowest BCUT2D eigenvalue weighted by Gasteiger charge is -2.11. The van der Waals surface area contributed by atoms with Gasteiger partial charge in [0, 0.05) is 17.0 Å². The van der Waals surface area contributed by atoms with Crippen molar-refractivity contribution in [2.75, 3.05) is 11.9 Å². The van der Waals surface area contributed by atoms with Crippen molar-refractivity contribution in [1.82, 2.24) is 4.98 Å². The fourth-order valence-corrected chi connectivity index (χ4v) is 3.53. The maximum atomic E-state index is 12.3. The van der Waals surface area contributed by atoms with E-state index >= 15 is 0 Å². The van der Waals surface area contributed by atoms with Gasteiger partial charge in [0.1, 0.15) is 6.10 Å². The summed E-state index contributed by atoms with van der Waals surface area (Å²) in [7, 11) is 0. The van der Waals surface area contributed by atoms with Gasteiger partial charge in [-0.05, 0) is 26.7 Å². The topological polar surface area (TPSA) is 77.2 Å². The van der Waals surface area contributed by atoms with Crippen molar-refractivity contribution < 1.29 is 9.53 Å². The Hall–Kier alpha value is -1.47. The van der Waals surface area contributed by atoms with E-state index in [2.05, 4.69) is 41.5 Å². The van der Waals surface area contributed by atoms with Crippen molar-refractivity contribution in [3.8, 4) is 11.3 Å². The molecule has 1 fully saturated rings. The van der Waals surface area contributed by atoms with Crippen LogP contribution in [0.15, 0.2) is 24.3 Å². The number of thiazole rings is 1. The molecule has 1 aliphatic heterocycles. The van der Waals surface area contributed by atoms with Gasteiger partial charge in [0.15, 0.2) is 5.13 Å². The molecule has 3 rings (SSSR count). The Bertz CT molecular complexity index is 702. The van der Waals surface area contributed by atoms with Crippen molar-refractivity contribution in [1.29, 1.82) is 0 Å². The molecule has 7 heteroatoms. The first-order valence-electron chi connectivity index (χ1n) is 7.77. The minimum absolute atomic E-state index is 0. The number of anilines is 1. The van der Waals surface area contributed by atoms with E-state index in [0.717, 1.165) is 22.6 Å². The molecule has 0 unspecified atom stereocenters.